The van der Waals surface area contributed by atoms with E-state index < -0.39 is 10.0 Å². The van der Waals surface area contributed by atoms with Crippen molar-refractivity contribution in [2.45, 2.75) is 18.4 Å². The smallest absolute Gasteiger partial charge is 0.238 e. The molecule has 0 fully saturated rings. The monoisotopic (exact) mass is 327 g/mol. The molecule has 118 valence electrons. The number of benzene rings is 2. The van der Waals surface area contributed by atoms with Crippen molar-refractivity contribution in [3.05, 3.63) is 65.9 Å². The van der Waals surface area contributed by atoms with Crippen molar-refractivity contribution in [3.8, 4) is 0 Å². The molecule has 0 aliphatic heterocycles. The molecule has 0 bridgehead atoms. The molecule has 0 spiro atoms. The molecule has 0 aliphatic rings. The summed E-state index contributed by atoms with van der Waals surface area (Å²) in [7, 11) is -3.65. The first kappa shape index (κ1) is 15.5. The SMILES string of the molecule is Cc1cccc2c(NCc3ccc(S(N)(=O)=O)cc3)nccc12. The van der Waals surface area contributed by atoms with Crippen LogP contribution in [0.2, 0.25) is 0 Å². The van der Waals surface area contributed by atoms with Gasteiger partial charge in [0.2, 0.25) is 10.0 Å². The largest absolute Gasteiger partial charge is 0.365 e. The lowest BCUT2D eigenvalue weighted by Gasteiger charge is -2.10. The minimum absolute atomic E-state index is 0.111. The van der Waals surface area contributed by atoms with Gasteiger partial charge >= 0.3 is 0 Å². The fourth-order valence-electron chi connectivity index (χ4n) is 2.49. The van der Waals surface area contributed by atoms with Crippen LogP contribution in [0.25, 0.3) is 10.8 Å². The van der Waals surface area contributed by atoms with Gasteiger partial charge in [-0.2, -0.15) is 0 Å². The van der Waals surface area contributed by atoms with Gasteiger partial charge in [0, 0.05) is 18.1 Å². The van der Waals surface area contributed by atoms with Crippen LogP contribution < -0.4 is 10.5 Å². The summed E-state index contributed by atoms with van der Waals surface area (Å²) in [5.41, 5.74) is 2.15. The van der Waals surface area contributed by atoms with Gasteiger partial charge < -0.3 is 5.32 Å². The molecule has 0 saturated carbocycles. The first-order chi connectivity index (χ1) is 10.9. The number of nitrogens with zero attached hydrogens (tertiary/aromatic N) is 1. The Morgan fingerprint density at radius 3 is 2.48 bits per heavy atom. The van der Waals surface area contributed by atoms with Crippen LogP contribution in [-0.4, -0.2) is 13.4 Å². The molecule has 0 radical (unpaired) electrons. The molecule has 1 aromatic heterocycles. The van der Waals surface area contributed by atoms with Crippen LogP contribution >= 0.6 is 0 Å². The fourth-order valence-corrected chi connectivity index (χ4v) is 3.00. The Hall–Kier alpha value is -2.44. The molecule has 0 amide bonds. The first-order valence-electron chi connectivity index (χ1n) is 7.15. The number of sulfonamides is 1. The second-order valence-corrected chi connectivity index (χ2v) is 6.93. The molecule has 0 saturated heterocycles. The number of hydrogen-bond acceptors (Lipinski definition) is 4. The highest BCUT2D eigenvalue weighted by atomic mass is 32.2. The third-order valence-corrected chi connectivity index (χ3v) is 4.67. The molecule has 3 aromatic rings. The van der Waals surface area contributed by atoms with Gasteiger partial charge in [0.1, 0.15) is 5.82 Å². The third kappa shape index (κ3) is 3.33. The highest BCUT2D eigenvalue weighted by molar-refractivity contribution is 7.89. The Morgan fingerprint density at radius 1 is 1.04 bits per heavy atom. The topological polar surface area (TPSA) is 85.1 Å². The molecule has 5 nitrogen and oxygen atoms in total. The molecule has 6 heteroatoms. The van der Waals surface area contributed by atoms with E-state index in [1.807, 2.05) is 18.2 Å². The second kappa shape index (κ2) is 5.98. The first-order valence-corrected chi connectivity index (χ1v) is 8.70. The van der Waals surface area contributed by atoms with E-state index in [1.165, 1.54) is 17.7 Å². The van der Waals surface area contributed by atoms with Gasteiger partial charge in [-0.05, 0) is 41.6 Å². The Balaban J connectivity index is 1.83. The van der Waals surface area contributed by atoms with Crippen LogP contribution in [0, 0.1) is 6.92 Å². The summed E-state index contributed by atoms with van der Waals surface area (Å²) in [5, 5.41) is 10.6. The van der Waals surface area contributed by atoms with Gasteiger partial charge in [-0.3, -0.25) is 0 Å². The van der Waals surface area contributed by atoms with Gasteiger partial charge in [-0.15, -0.1) is 0 Å². The summed E-state index contributed by atoms with van der Waals surface area (Å²) in [6.07, 6.45) is 1.78. The molecule has 1 heterocycles. The van der Waals surface area contributed by atoms with Crippen molar-refractivity contribution in [2.24, 2.45) is 5.14 Å². The normalized spacial score (nSPS) is 11.6. The average molecular weight is 327 g/mol. The summed E-state index contributed by atoms with van der Waals surface area (Å²) in [5.74, 6) is 0.807. The number of aromatic nitrogens is 1. The van der Waals surface area contributed by atoms with Crippen LogP contribution in [-0.2, 0) is 16.6 Å². The quantitative estimate of drug-likeness (QED) is 0.771. The van der Waals surface area contributed by atoms with Gasteiger partial charge in [0.15, 0.2) is 0 Å². The Kier molecular flexibility index (Phi) is 4.02. The lowest BCUT2D eigenvalue weighted by atomic mass is 10.1. The molecule has 0 unspecified atom stereocenters. The van der Waals surface area contributed by atoms with E-state index in [1.54, 1.807) is 18.3 Å². The highest BCUT2D eigenvalue weighted by Gasteiger charge is 2.07. The molecule has 0 atom stereocenters. The number of fused-ring (bicyclic) bond motifs is 1. The molecular weight excluding hydrogens is 310 g/mol. The Labute approximate surface area is 135 Å². The van der Waals surface area contributed by atoms with Crippen LogP contribution in [0.4, 0.5) is 5.82 Å². The lowest BCUT2D eigenvalue weighted by molar-refractivity contribution is 0.598. The number of primary sulfonamides is 1. The maximum atomic E-state index is 11.3. The molecule has 0 aliphatic carbocycles. The minimum Gasteiger partial charge on any atom is -0.365 e. The zero-order chi connectivity index (χ0) is 16.4. The van der Waals surface area contributed by atoms with Gasteiger partial charge in [0.05, 0.1) is 4.90 Å². The number of aryl methyl sites for hydroxylation is 1. The van der Waals surface area contributed by atoms with Crippen LogP contribution in [0.15, 0.2) is 59.6 Å². The number of anilines is 1. The van der Waals surface area contributed by atoms with Crippen LogP contribution in [0.3, 0.4) is 0 Å². The van der Waals surface area contributed by atoms with Crippen molar-refractivity contribution in [2.75, 3.05) is 5.32 Å². The highest BCUT2D eigenvalue weighted by Crippen LogP contribution is 2.24. The van der Waals surface area contributed by atoms with Gasteiger partial charge in [-0.25, -0.2) is 18.5 Å². The Bertz CT molecular complexity index is 951. The molecular formula is C17H17N3O2S. The third-order valence-electron chi connectivity index (χ3n) is 3.74. The molecule has 3 rings (SSSR count). The number of pyridine rings is 1. The average Bonchev–Trinajstić information content (AvgIpc) is 2.53. The van der Waals surface area contributed by atoms with E-state index in [9.17, 15) is 8.42 Å². The number of rotatable bonds is 4. The zero-order valence-corrected chi connectivity index (χ0v) is 13.5. The van der Waals surface area contributed by atoms with Crippen LogP contribution in [0.1, 0.15) is 11.1 Å². The Morgan fingerprint density at radius 2 is 1.78 bits per heavy atom. The van der Waals surface area contributed by atoms with Crippen molar-refractivity contribution >= 4 is 26.6 Å². The van der Waals surface area contributed by atoms with Crippen molar-refractivity contribution in [3.63, 3.8) is 0 Å². The van der Waals surface area contributed by atoms with E-state index in [0.717, 1.165) is 22.2 Å². The standard InChI is InChI=1S/C17H17N3O2S/c1-12-3-2-4-16-15(12)9-10-19-17(16)20-11-13-5-7-14(8-6-13)23(18,21)22/h2-10H,11H2,1H3,(H,19,20)(H2,18,21,22). The number of nitrogens with two attached hydrogens (primary N) is 1. The van der Waals surface area contributed by atoms with Gasteiger partial charge in [-0.1, -0.05) is 30.3 Å². The number of nitrogens with one attached hydrogen (secondary N) is 1. The predicted octanol–water partition coefficient (Wildman–Crippen LogP) is 2.80. The maximum absolute atomic E-state index is 11.3. The lowest BCUT2D eigenvalue weighted by Crippen LogP contribution is -2.12. The summed E-state index contributed by atoms with van der Waals surface area (Å²) in [4.78, 5) is 4.50. The van der Waals surface area contributed by atoms with E-state index in [2.05, 4.69) is 23.3 Å². The van der Waals surface area contributed by atoms with Crippen molar-refractivity contribution in [1.29, 1.82) is 0 Å². The summed E-state index contributed by atoms with van der Waals surface area (Å²) in [6.45, 7) is 2.61. The molecule has 2 aromatic carbocycles. The zero-order valence-electron chi connectivity index (χ0n) is 12.7. The van der Waals surface area contributed by atoms with E-state index in [-0.39, 0.29) is 4.90 Å². The van der Waals surface area contributed by atoms with E-state index >= 15 is 0 Å². The van der Waals surface area contributed by atoms with Crippen molar-refractivity contribution in [1.82, 2.24) is 4.98 Å². The summed E-state index contributed by atoms with van der Waals surface area (Å²) in [6, 6.07) is 14.6. The molecule has 3 N–H and O–H groups in total. The van der Waals surface area contributed by atoms with Crippen molar-refractivity contribution < 1.29 is 8.42 Å². The fraction of sp³-hybridized carbons (Fsp3) is 0.118. The maximum Gasteiger partial charge on any atom is 0.238 e. The van der Waals surface area contributed by atoms with E-state index in [0.29, 0.717) is 6.54 Å². The van der Waals surface area contributed by atoms with E-state index in [4.69, 9.17) is 5.14 Å². The minimum atomic E-state index is -3.65. The number of hydrogen-bond donors (Lipinski definition) is 2. The molecule has 23 heavy (non-hydrogen) atoms. The summed E-state index contributed by atoms with van der Waals surface area (Å²) < 4.78 is 22.5. The van der Waals surface area contributed by atoms with Crippen LogP contribution in [0.5, 0.6) is 0 Å². The second-order valence-electron chi connectivity index (χ2n) is 5.37. The summed E-state index contributed by atoms with van der Waals surface area (Å²) >= 11 is 0. The predicted molar refractivity (Wildman–Crippen MR) is 91.6 cm³/mol. The van der Waals surface area contributed by atoms with Gasteiger partial charge in [0.25, 0.3) is 0 Å².